The van der Waals surface area contributed by atoms with Crippen LogP contribution in [0.4, 0.5) is 0 Å². The summed E-state index contributed by atoms with van der Waals surface area (Å²) in [5.74, 6) is 1.28. The minimum atomic E-state index is -0.0615. The second-order valence-corrected chi connectivity index (χ2v) is 5.27. The highest BCUT2D eigenvalue weighted by Gasteiger charge is 2.16. The number of hydrogen-bond acceptors (Lipinski definition) is 5. The molecule has 2 N–H and O–H groups in total. The van der Waals surface area contributed by atoms with E-state index in [9.17, 15) is 4.79 Å². The molecule has 0 bridgehead atoms. The normalized spacial score (nSPS) is 16.9. The van der Waals surface area contributed by atoms with Gasteiger partial charge in [-0.3, -0.25) is 4.79 Å². The summed E-state index contributed by atoms with van der Waals surface area (Å²) in [4.78, 5) is 14.5. The van der Waals surface area contributed by atoms with Crippen LogP contribution in [-0.2, 0) is 0 Å². The lowest BCUT2D eigenvalue weighted by atomic mass is 10.2. The first kappa shape index (κ1) is 16.9. The van der Waals surface area contributed by atoms with Crippen molar-refractivity contribution >= 4 is 18.3 Å². The van der Waals surface area contributed by atoms with E-state index in [2.05, 4.69) is 15.5 Å². The van der Waals surface area contributed by atoms with Crippen molar-refractivity contribution < 1.29 is 14.3 Å². The number of amides is 1. The summed E-state index contributed by atoms with van der Waals surface area (Å²) < 4.78 is 10.5. The summed E-state index contributed by atoms with van der Waals surface area (Å²) >= 11 is 0. The Morgan fingerprint density at radius 2 is 2.00 bits per heavy atom. The van der Waals surface area contributed by atoms with Gasteiger partial charge in [0.25, 0.3) is 5.91 Å². The van der Waals surface area contributed by atoms with Crippen LogP contribution >= 0.6 is 12.4 Å². The van der Waals surface area contributed by atoms with Crippen LogP contribution in [0.15, 0.2) is 18.2 Å². The molecule has 0 saturated carbocycles. The van der Waals surface area contributed by atoms with Gasteiger partial charge in [0.2, 0.25) is 6.79 Å². The minimum Gasteiger partial charge on any atom is -0.454 e. The van der Waals surface area contributed by atoms with Gasteiger partial charge in [-0.15, -0.1) is 12.4 Å². The van der Waals surface area contributed by atoms with Crippen molar-refractivity contribution in [3.05, 3.63) is 23.8 Å². The third-order valence-electron chi connectivity index (χ3n) is 3.78. The number of rotatable bonds is 5. The molecule has 122 valence electrons. The molecule has 0 radical (unpaired) electrons. The number of piperazine rings is 1. The second kappa shape index (κ2) is 8.22. The van der Waals surface area contributed by atoms with Gasteiger partial charge < -0.3 is 25.0 Å². The molecule has 1 aromatic carbocycles. The Labute approximate surface area is 136 Å². The van der Waals surface area contributed by atoms with Gasteiger partial charge in [0.05, 0.1) is 0 Å². The third kappa shape index (κ3) is 4.25. The highest BCUT2D eigenvalue weighted by atomic mass is 35.5. The average Bonchev–Trinajstić information content (AvgIpc) is 3.00. The van der Waals surface area contributed by atoms with E-state index in [0.29, 0.717) is 23.6 Å². The molecular formula is C15H22ClN3O3. The molecule has 7 heteroatoms. The molecule has 22 heavy (non-hydrogen) atoms. The molecule has 1 fully saturated rings. The van der Waals surface area contributed by atoms with Gasteiger partial charge in [0, 0.05) is 38.3 Å². The molecule has 0 aliphatic carbocycles. The van der Waals surface area contributed by atoms with E-state index in [1.165, 1.54) is 0 Å². The maximum absolute atomic E-state index is 12.1. The Balaban J connectivity index is 0.00000176. The Hall–Kier alpha value is -1.50. The summed E-state index contributed by atoms with van der Waals surface area (Å²) in [6, 6.07) is 5.27. The van der Waals surface area contributed by atoms with Gasteiger partial charge in [-0.05, 0) is 31.2 Å². The minimum absolute atomic E-state index is 0. The topological polar surface area (TPSA) is 62.8 Å². The van der Waals surface area contributed by atoms with Crippen molar-refractivity contribution in [2.45, 2.75) is 6.42 Å². The monoisotopic (exact) mass is 327 g/mol. The molecule has 2 heterocycles. The third-order valence-corrected chi connectivity index (χ3v) is 3.78. The summed E-state index contributed by atoms with van der Waals surface area (Å²) in [5, 5.41) is 6.28. The molecule has 2 aliphatic rings. The van der Waals surface area contributed by atoms with Crippen LogP contribution < -0.4 is 20.1 Å². The molecule has 0 spiro atoms. The van der Waals surface area contributed by atoms with E-state index in [1.807, 2.05) is 0 Å². The first-order chi connectivity index (χ1) is 10.3. The lowest BCUT2D eigenvalue weighted by molar-refractivity contribution is 0.0951. The Morgan fingerprint density at radius 1 is 1.23 bits per heavy atom. The fourth-order valence-corrected chi connectivity index (χ4v) is 2.58. The van der Waals surface area contributed by atoms with Crippen molar-refractivity contribution in [2.24, 2.45) is 0 Å². The molecule has 0 unspecified atom stereocenters. The van der Waals surface area contributed by atoms with Crippen LogP contribution in [0.25, 0.3) is 0 Å². The van der Waals surface area contributed by atoms with Gasteiger partial charge in [0.15, 0.2) is 11.5 Å². The largest absolute Gasteiger partial charge is 0.454 e. The molecule has 2 aliphatic heterocycles. The van der Waals surface area contributed by atoms with Gasteiger partial charge in [0.1, 0.15) is 0 Å². The summed E-state index contributed by atoms with van der Waals surface area (Å²) in [6.45, 7) is 6.25. The quantitative estimate of drug-likeness (QED) is 0.786. The molecule has 0 atom stereocenters. The Kier molecular flexibility index (Phi) is 6.30. The number of hydrogen-bond donors (Lipinski definition) is 2. The van der Waals surface area contributed by atoms with Crippen molar-refractivity contribution in [1.29, 1.82) is 0 Å². The van der Waals surface area contributed by atoms with Gasteiger partial charge in [-0.1, -0.05) is 0 Å². The Morgan fingerprint density at radius 3 is 2.82 bits per heavy atom. The highest BCUT2D eigenvalue weighted by Crippen LogP contribution is 2.32. The van der Waals surface area contributed by atoms with E-state index in [1.54, 1.807) is 18.2 Å². The lowest BCUT2D eigenvalue weighted by Crippen LogP contribution is -2.44. The molecule has 1 amide bonds. The van der Waals surface area contributed by atoms with Gasteiger partial charge in [-0.2, -0.15) is 0 Å². The maximum atomic E-state index is 12.1. The number of halogens is 1. The van der Waals surface area contributed by atoms with E-state index in [0.717, 1.165) is 39.1 Å². The van der Waals surface area contributed by atoms with Crippen LogP contribution in [0.3, 0.4) is 0 Å². The van der Waals surface area contributed by atoms with Crippen LogP contribution in [0, 0.1) is 0 Å². The number of ether oxygens (including phenoxy) is 2. The van der Waals surface area contributed by atoms with Crippen molar-refractivity contribution in [2.75, 3.05) is 46.1 Å². The molecule has 1 aromatic rings. The van der Waals surface area contributed by atoms with Crippen LogP contribution in [0.2, 0.25) is 0 Å². The smallest absolute Gasteiger partial charge is 0.251 e. The van der Waals surface area contributed by atoms with Crippen LogP contribution in [0.5, 0.6) is 11.5 Å². The maximum Gasteiger partial charge on any atom is 0.251 e. The molecule has 6 nitrogen and oxygen atoms in total. The SMILES string of the molecule is Cl.O=C(NCCCN1CCNCC1)c1ccc2c(c1)OCO2. The number of benzene rings is 1. The van der Waals surface area contributed by atoms with Crippen LogP contribution in [-0.4, -0.2) is 56.9 Å². The average molecular weight is 328 g/mol. The predicted octanol–water partition coefficient (Wildman–Crippen LogP) is 0.862. The zero-order chi connectivity index (χ0) is 14.5. The zero-order valence-corrected chi connectivity index (χ0v) is 13.3. The first-order valence-corrected chi connectivity index (χ1v) is 7.44. The summed E-state index contributed by atoms with van der Waals surface area (Å²) in [5.41, 5.74) is 0.612. The summed E-state index contributed by atoms with van der Waals surface area (Å²) in [7, 11) is 0. The number of carbonyl (C=O) groups excluding carboxylic acids is 1. The van der Waals surface area contributed by atoms with Gasteiger partial charge in [-0.25, -0.2) is 0 Å². The van der Waals surface area contributed by atoms with E-state index >= 15 is 0 Å². The van der Waals surface area contributed by atoms with Gasteiger partial charge >= 0.3 is 0 Å². The lowest BCUT2D eigenvalue weighted by Gasteiger charge is -2.27. The summed E-state index contributed by atoms with van der Waals surface area (Å²) in [6.07, 6.45) is 0.969. The number of nitrogens with zero attached hydrogens (tertiary/aromatic N) is 1. The highest BCUT2D eigenvalue weighted by molar-refractivity contribution is 5.94. The van der Waals surface area contributed by atoms with Crippen LogP contribution in [0.1, 0.15) is 16.8 Å². The molecular weight excluding hydrogens is 306 g/mol. The van der Waals surface area contributed by atoms with Crippen molar-refractivity contribution in [1.82, 2.24) is 15.5 Å². The van der Waals surface area contributed by atoms with Crippen molar-refractivity contribution in [3.63, 3.8) is 0 Å². The van der Waals surface area contributed by atoms with E-state index in [-0.39, 0.29) is 25.1 Å². The zero-order valence-electron chi connectivity index (χ0n) is 12.5. The second-order valence-electron chi connectivity index (χ2n) is 5.27. The van der Waals surface area contributed by atoms with E-state index < -0.39 is 0 Å². The fraction of sp³-hybridized carbons (Fsp3) is 0.533. The number of carbonyl (C=O) groups is 1. The molecule has 3 rings (SSSR count). The predicted molar refractivity (Wildman–Crippen MR) is 86.1 cm³/mol. The molecule has 0 aromatic heterocycles. The number of nitrogens with one attached hydrogen (secondary N) is 2. The first-order valence-electron chi connectivity index (χ1n) is 7.44. The van der Waals surface area contributed by atoms with E-state index in [4.69, 9.17) is 9.47 Å². The van der Waals surface area contributed by atoms with Crippen molar-refractivity contribution in [3.8, 4) is 11.5 Å². The fourth-order valence-electron chi connectivity index (χ4n) is 2.58. The Bertz CT molecular complexity index is 507. The number of fused-ring (bicyclic) bond motifs is 1. The molecule has 1 saturated heterocycles. The standard InChI is InChI=1S/C15H21N3O3.ClH/c19-15(12-2-3-13-14(10-12)21-11-20-13)17-4-1-7-18-8-5-16-6-9-18;/h2-3,10,16H,1,4-9,11H2,(H,17,19);1H.